The Morgan fingerprint density at radius 1 is 1.03 bits per heavy atom. The second-order valence-corrected chi connectivity index (χ2v) is 8.27. The smallest absolute Gasteiger partial charge is 0.239 e. The van der Waals surface area contributed by atoms with Crippen molar-refractivity contribution in [3.63, 3.8) is 0 Å². The second-order valence-electron chi connectivity index (χ2n) is 8.27. The van der Waals surface area contributed by atoms with E-state index < -0.39 is 0 Å². The van der Waals surface area contributed by atoms with Crippen LogP contribution in [0.2, 0.25) is 0 Å². The second kappa shape index (κ2) is 12.9. The van der Waals surface area contributed by atoms with Crippen LogP contribution in [0.4, 0.5) is 0 Å². The van der Waals surface area contributed by atoms with Crippen molar-refractivity contribution in [2.24, 2.45) is 10.4 Å². The Balaban J connectivity index is 0.00000420. The highest BCUT2D eigenvalue weighted by molar-refractivity contribution is 14.0. The standard InChI is InChI=1S/C21H41N5O2.HI/c1-5-21(6-2,17-27)16-23-20(22-7-3)26-14-12-24(13-15-26)18(4)19(28)25-10-8-9-11-25;/h18,27H,5-17H2,1-4H3,(H,22,23);1H. The fourth-order valence-corrected chi connectivity index (χ4v) is 4.09. The maximum Gasteiger partial charge on any atom is 0.239 e. The average molecular weight is 524 g/mol. The van der Waals surface area contributed by atoms with Crippen molar-refractivity contribution in [1.82, 2.24) is 20.0 Å². The van der Waals surface area contributed by atoms with Gasteiger partial charge in [0, 0.05) is 51.2 Å². The molecule has 0 radical (unpaired) electrons. The normalized spacial score (nSPS) is 19.8. The van der Waals surface area contributed by atoms with Crippen molar-refractivity contribution in [3.05, 3.63) is 0 Å². The van der Waals surface area contributed by atoms with Crippen LogP contribution in [-0.4, -0.2) is 96.7 Å². The zero-order valence-electron chi connectivity index (χ0n) is 18.8. The molecule has 0 saturated carbocycles. The Bertz CT molecular complexity index is 505. The van der Waals surface area contributed by atoms with Crippen LogP contribution in [-0.2, 0) is 4.79 Å². The number of aliphatic hydroxyl groups is 1. The molecule has 0 bridgehead atoms. The Morgan fingerprint density at radius 3 is 2.10 bits per heavy atom. The number of amides is 1. The molecule has 0 aromatic carbocycles. The zero-order valence-corrected chi connectivity index (χ0v) is 21.2. The van der Waals surface area contributed by atoms with E-state index in [1.54, 1.807) is 0 Å². The molecule has 2 fully saturated rings. The van der Waals surface area contributed by atoms with Gasteiger partial charge in [0.15, 0.2) is 5.96 Å². The van der Waals surface area contributed by atoms with Gasteiger partial charge in [0.25, 0.3) is 0 Å². The quantitative estimate of drug-likeness (QED) is 0.290. The van der Waals surface area contributed by atoms with Gasteiger partial charge >= 0.3 is 0 Å². The van der Waals surface area contributed by atoms with E-state index in [2.05, 4.69) is 35.9 Å². The number of aliphatic imine (C=N–C) groups is 1. The van der Waals surface area contributed by atoms with E-state index in [0.717, 1.165) is 77.5 Å². The van der Waals surface area contributed by atoms with Crippen LogP contribution in [0.25, 0.3) is 0 Å². The van der Waals surface area contributed by atoms with E-state index in [1.165, 1.54) is 0 Å². The minimum Gasteiger partial charge on any atom is -0.396 e. The van der Waals surface area contributed by atoms with Crippen LogP contribution in [0.1, 0.15) is 53.4 Å². The first-order chi connectivity index (χ1) is 13.5. The molecule has 29 heavy (non-hydrogen) atoms. The molecule has 2 saturated heterocycles. The number of nitrogens with zero attached hydrogens (tertiary/aromatic N) is 4. The minimum atomic E-state index is -0.126. The largest absolute Gasteiger partial charge is 0.396 e. The van der Waals surface area contributed by atoms with Gasteiger partial charge in [-0.15, -0.1) is 24.0 Å². The molecule has 7 nitrogen and oxygen atoms in total. The molecule has 0 aromatic rings. The Hall–Kier alpha value is -0.610. The van der Waals surface area contributed by atoms with E-state index in [0.29, 0.717) is 6.54 Å². The summed E-state index contributed by atoms with van der Waals surface area (Å²) in [5.74, 6) is 1.21. The molecule has 0 spiro atoms. The lowest BCUT2D eigenvalue weighted by atomic mass is 9.83. The van der Waals surface area contributed by atoms with Crippen molar-refractivity contribution in [3.8, 4) is 0 Å². The molecule has 2 N–H and O–H groups in total. The molecule has 1 unspecified atom stereocenters. The third kappa shape index (κ3) is 6.95. The Morgan fingerprint density at radius 2 is 1.62 bits per heavy atom. The monoisotopic (exact) mass is 523 g/mol. The molecule has 2 aliphatic rings. The summed E-state index contributed by atoms with van der Waals surface area (Å²) in [6, 6.07) is -0.0398. The Labute approximate surface area is 194 Å². The lowest BCUT2D eigenvalue weighted by molar-refractivity contribution is -0.135. The number of carbonyl (C=O) groups is 1. The molecule has 1 atom stereocenters. The zero-order chi connectivity index (χ0) is 20.6. The maximum atomic E-state index is 12.7. The molecule has 2 rings (SSSR count). The number of likely N-dealkylation sites (tertiary alicyclic amines) is 1. The summed E-state index contributed by atoms with van der Waals surface area (Å²) in [5, 5.41) is 13.2. The number of hydrogen-bond acceptors (Lipinski definition) is 4. The average Bonchev–Trinajstić information content (AvgIpc) is 3.28. The van der Waals surface area contributed by atoms with Gasteiger partial charge in [0.05, 0.1) is 19.2 Å². The lowest BCUT2D eigenvalue weighted by Crippen LogP contribution is -2.57. The van der Waals surface area contributed by atoms with Gasteiger partial charge in [0.2, 0.25) is 5.91 Å². The van der Waals surface area contributed by atoms with Gasteiger partial charge < -0.3 is 20.2 Å². The summed E-state index contributed by atoms with van der Waals surface area (Å²) in [4.78, 5) is 24.2. The fraction of sp³-hybridized carbons (Fsp3) is 0.905. The summed E-state index contributed by atoms with van der Waals surface area (Å²) in [7, 11) is 0. The summed E-state index contributed by atoms with van der Waals surface area (Å²) in [5.41, 5.74) is -0.126. The van der Waals surface area contributed by atoms with E-state index >= 15 is 0 Å². The van der Waals surface area contributed by atoms with Crippen molar-refractivity contribution in [2.75, 3.05) is 59.0 Å². The van der Waals surface area contributed by atoms with Crippen LogP contribution < -0.4 is 5.32 Å². The molecule has 2 heterocycles. The number of aliphatic hydroxyl groups excluding tert-OH is 1. The fourth-order valence-electron chi connectivity index (χ4n) is 4.09. The first-order valence-corrected chi connectivity index (χ1v) is 11.2. The first-order valence-electron chi connectivity index (χ1n) is 11.2. The molecule has 170 valence electrons. The predicted molar refractivity (Wildman–Crippen MR) is 130 cm³/mol. The van der Waals surface area contributed by atoms with Crippen molar-refractivity contribution >= 4 is 35.8 Å². The van der Waals surface area contributed by atoms with Crippen molar-refractivity contribution < 1.29 is 9.90 Å². The highest BCUT2D eigenvalue weighted by Gasteiger charge is 2.31. The molecule has 8 heteroatoms. The molecule has 2 aliphatic heterocycles. The number of halogens is 1. The molecular weight excluding hydrogens is 481 g/mol. The van der Waals surface area contributed by atoms with Gasteiger partial charge in [0.1, 0.15) is 0 Å². The maximum absolute atomic E-state index is 12.7. The summed E-state index contributed by atoms with van der Waals surface area (Å²) >= 11 is 0. The van der Waals surface area contributed by atoms with Crippen LogP contribution in [0.5, 0.6) is 0 Å². The Kier molecular flexibility index (Phi) is 11.8. The van der Waals surface area contributed by atoms with Crippen LogP contribution in [0.3, 0.4) is 0 Å². The van der Waals surface area contributed by atoms with Crippen LogP contribution in [0, 0.1) is 5.41 Å². The van der Waals surface area contributed by atoms with Crippen molar-refractivity contribution in [1.29, 1.82) is 0 Å². The number of piperazine rings is 1. The predicted octanol–water partition coefficient (Wildman–Crippen LogP) is 2.00. The third-order valence-corrected chi connectivity index (χ3v) is 6.67. The van der Waals surface area contributed by atoms with Gasteiger partial charge in [-0.3, -0.25) is 14.7 Å². The van der Waals surface area contributed by atoms with Crippen LogP contribution >= 0.6 is 24.0 Å². The highest BCUT2D eigenvalue weighted by atomic mass is 127. The van der Waals surface area contributed by atoms with E-state index in [9.17, 15) is 9.90 Å². The summed E-state index contributed by atoms with van der Waals surface area (Å²) in [6.45, 7) is 15.3. The van der Waals surface area contributed by atoms with Gasteiger partial charge in [-0.2, -0.15) is 0 Å². The lowest BCUT2D eigenvalue weighted by Gasteiger charge is -2.40. The van der Waals surface area contributed by atoms with Crippen LogP contribution in [0.15, 0.2) is 4.99 Å². The topological polar surface area (TPSA) is 71.4 Å². The van der Waals surface area contributed by atoms with E-state index in [-0.39, 0.29) is 47.9 Å². The number of carbonyl (C=O) groups excluding carboxylic acids is 1. The van der Waals surface area contributed by atoms with Gasteiger partial charge in [-0.25, -0.2) is 0 Å². The van der Waals surface area contributed by atoms with Gasteiger partial charge in [-0.05, 0) is 39.5 Å². The molecule has 1 amide bonds. The number of rotatable bonds is 8. The summed E-state index contributed by atoms with van der Waals surface area (Å²) in [6.07, 6.45) is 4.12. The van der Waals surface area contributed by atoms with Gasteiger partial charge in [-0.1, -0.05) is 13.8 Å². The van der Waals surface area contributed by atoms with E-state index in [4.69, 9.17) is 4.99 Å². The first kappa shape index (κ1) is 26.4. The molecule has 0 aromatic heterocycles. The minimum absolute atomic E-state index is 0. The number of hydrogen-bond donors (Lipinski definition) is 2. The number of guanidine groups is 1. The highest BCUT2D eigenvalue weighted by Crippen LogP contribution is 2.26. The molecular formula is C21H42IN5O2. The SMILES string of the molecule is CCNC(=NCC(CC)(CC)CO)N1CCN(C(C)C(=O)N2CCCC2)CC1.I. The number of nitrogens with one attached hydrogen (secondary N) is 1. The van der Waals surface area contributed by atoms with E-state index in [1.807, 2.05) is 11.8 Å². The van der Waals surface area contributed by atoms with Crippen molar-refractivity contribution in [2.45, 2.75) is 59.4 Å². The third-order valence-electron chi connectivity index (χ3n) is 6.67. The summed E-state index contributed by atoms with van der Waals surface area (Å²) < 4.78 is 0. The molecule has 0 aliphatic carbocycles.